The molecule has 0 saturated heterocycles. The number of nitrogens with two attached hydrogens (primary N) is 3. The first kappa shape index (κ1) is 31.2. The number of amides is 5. The number of H-pyrrole nitrogens is 1. The monoisotopic (exact) mass is 561 g/mol. The second-order valence-electron chi connectivity index (χ2n) is 8.97. The summed E-state index contributed by atoms with van der Waals surface area (Å²) in [6.45, 7) is 0. The second-order valence-corrected chi connectivity index (χ2v) is 8.97. The van der Waals surface area contributed by atoms with Crippen LogP contribution in [0.25, 0.3) is 10.9 Å². The molecule has 0 spiro atoms. The summed E-state index contributed by atoms with van der Waals surface area (Å²) >= 11 is 0. The van der Waals surface area contributed by atoms with Gasteiger partial charge in [-0.2, -0.15) is 0 Å². The van der Waals surface area contributed by atoms with E-state index >= 15 is 0 Å². The largest absolute Gasteiger partial charge is 0.481 e. The number of primary amides is 2. The van der Waals surface area contributed by atoms with E-state index < -0.39 is 91.3 Å². The third-order valence-electron chi connectivity index (χ3n) is 5.79. The van der Waals surface area contributed by atoms with Gasteiger partial charge < -0.3 is 48.3 Å². The van der Waals surface area contributed by atoms with E-state index in [-0.39, 0.29) is 6.42 Å². The van der Waals surface area contributed by atoms with Gasteiger partial charge in [0.05, 0.1) is 18.9 Å². The molecule has 0 saturated carbocycles. The van der Waals surface area contributed by atoms with Crippen molar-refractivity contribution in [3.8, 4) is 0 Å². The Kier molecular flexibility index (Phi) is 11.1. The summed E-state index contributed by atoms with van der Waals surface area (Å²) in [6.07, 6.45) is -0.793. The molecule has 40 heavy (non-hydrogen) atoms. The van der Waals surface area contributed by atoms with Crippen LogP contribution in [0.15, 0.2) is 30.5 Å². The number of para-hydroxylation sites is 1. The highest BCUT2D eigenvalue weighted by molar-refractivity contribution is 5.97. The van der Waals surface area contributed by atoms with Crippen molar-refractivity contribution in [3.63, 3.8) is 0 Å². The summed E-state index contributed by atoms with van der Waals surface area (Å²) in [6, 6.07) is 0.972. The van der Waals surface area contributed by atoms with Crippen molar-refractivity contribution in [2.45, 2.75) is 56.3 Å². The molecule has 16 nitrogen and oxygen atoms in total. The molecule has 0 radical (unpaired) electrons. The molecule has 0 aliphatic carbocycles. The van der Waals surface area contributed by atoms with Gasteiger partial charge in [-0.05, 0) is 18.1 Å². The van der Waals surface area contributed by atoms with Crippen molar-refractivity contribution in [1.29, 1.82) is 0 Å². The van der Waals surface area contributed by atoms with E-state index in [0.29, 0.717) is 10.9 Å². The van der Waals surface area contributed by atoms with Crippen molar-refractivity contribution in [3.05, 3.63) is 36.0 Å². The van der Waals surface area contributed by atoms with E-state index in [9.17, 15) is 38.7 Å². The minimum Gasteiger partial charge on any atom is -0.481 e. The zero-order valence-electron chi connectivity index (χ0n) is 21.2. The maximum Gasteiger partial charge on any atom is 0.326 e. The van der Waals surface area contributed by atoms with Crippen LogP contribution < -0.4 is 33.2 Å². The highest BCUT2D eigenvalue weighted by atomic mass is 16.4. The van der Waals surface area contributed by atoms with Crippen LogP contribution in [0.4, 0.5) is 0 Å². The fourth-order valence-electron chi connectivity index (χ4n) is 3.80. The van der Waals surface area contributed by atoms with Gasteiger partial charge in [0.15, 0.2) is 0 Å². The number of carboxylic acids is 2. The Morgan fingerprint density at radius 2 is 1.38 bits per heavy atom. The van der Waals surface area contributed by atoms with Gasteiger partial charge in [-0.1, -0.05) is 18.2 Å². The number of aromatic nitrogens is 1. The quantitative estimate of drug-likeness (QED) is 0.101. The molecular formula is C24H31N7O9. The topological polar surface area (TPSA) is 290 Å². The minimum atomic E-state index is -1.61. The van der Waals surface area contributed by atoms with E-state index in [4.69, 9.17) is 22.3 Å². The van der Waals surface area contributed by atoms with Gasteiger partial charge in [-0.15, -0.1) is 0 Å². The second kappa shape index (κ2) is 14.2. The number of benzene rings is 1. The fraction of sp³-hybridized carbons (Fsp3) is 0.375. The molecule has 2 rings (SSSR count). The van der Waals surface area contributed by atoms with Crippen LogP contribution in [0.2, 0.25) is 0 Å². The first-order chi connectivity index (χ1) is 18.8. The molecule has 0 aliphatic rings. The van der Waals surface area contributed by atoms with Gasteiger partial charge in [0, 0.05) is 29.9 Å². The van der Waals surface area contributed by atoms with E-state index in [1.165, 1.54) is 0 Å². The molecule has 1 aromatic heterocycles. The number of aliphatic carboxylic acids is 2. The predicted octanol–water partition coefficient (Wildman–Crippen LogP) is -2.81. The molecule has 4 atom stereocenters. The molecule has 4 unspecified atom stereocenters. The summed E-state index contributed by atoms with van der Waals surface area (Å²) in [4.78, 5) is 87.0. The van der Waals surface area contributed by atoms with Gasteiger partial charge in [0.1, 0.15) is 18.1 Å². The summed E-state index contributed by atoms with van der Waals surface area (Å²) < 4.78 is 0. The van der Waals surface area contributed by atoms with Gasteiger partial charge >= 0.3 is 11.9 Å². The smallest absolute Gasteiger partial charge is 0.326 e. The van der Waals surface area contributed by atoms with Crippen LogP contribution in [0.5, 0.6) is 0 Å². The predicted molar refractivity (Wildman–Crippen MR) is 138 cm³/mol. The van der Waals surface area contributed by atoms with Crippen LogP contribution in [0.3, 0.4) is 0 Å². The standard InChI is InChI=1S/C24H31N7O9/c25-13(8-18(26)32)21(36)30-17(9-19(27)33)23(38)31-16(7-11-10-28-14-4-2-1-3-12(11)14)22(37)29-15(24(39)40)5-6-20(34)35/h1-4,10,13,15-17,28H,5-9,25H2,(H2,26,32)(H2,27,33)(H,29,37)(H,30,36)(H,31,38)(H,34,35)(H,39,40). The molecule has 16 heteroatoms. The molecule has 1 heterocycles. The van der Waals surface area contributed by atoms with Crippen molar-refractivity contribution >= 4 is 52.4 Å². The number of hydrogen-bond acceptors (Lipinski definition) is 8. The molecule has 216 valence electrons. The third-order valence-corrected chi connectivity index (χ3v) is 5.79. The maximum atomic E-state index is 13.2. The average Bonchev–Trinajstić information content (AvgIpc) is 3.27. The summed E-state index contributed by atoms with van der Waals surface area (Å²) in [7, 11) is 0. The number of nitrogens with one attached hydrogen (secondary N) is 4. The fourth-order valence-corrected chi connectivity index (χ4v) is 3.80. The highest BCUT2D eigenvalue weighted by Gasteiger charge is 2.32. The molecule has 5 amide bonds. The number of aromatic amines is 1. The van der Waals surface area contributed by atoms with Gasteiger partial charge in [0.2, 0.25) is 29.5 Å². The summed E-state index contributed by atoms with van der Waals surface area (Å²) in [5.41, 5.74) is 17.1. The Bertz CT molecular complexity index is 1290. The lowest BCUT2D eigenvalue weighted by Gasteiger charge is -2.24. The van der Waals surface area contributed by atoms with Crippen LogP contribution in [0, 0.1) is 0 Å². The Hall–Kier alpha value is -4.99. The first-order valence-corrected chi connectivity index (χ1v) is 12.0. The molecule has 0 aliphatic heterocycles. The lowest BCUT2D eigenvalue weighted by molar-refractivity contribution is -0.143. The first-order valence-electron chi connectivity index (χ1n) is 12.0. The van der Waals surface area contributed by atoms with Crippen molar-refractivity contribution in [1.82, 2.24) is 20.9 Å². The number of carbonyl (C=O) groups excluding carboxylic acids is 5. The molecule has 1 aromatic carbocycles. The average molecular weight is 562 g/mol. The number of fused-ring (bicyclic) bond motifs is 1. The minimum absolute atomic E-state index is 0.161. The Balaban J connectivity index is 2.33. The van der Waals surface area contributed by atoms with Gasteiger partial charge in [0.25, 0.3) is 0 Å². The van der Waals surface area contributed by atoms with Crippen molar-refractivity contribution in [2.75, 3.05) is 0 Å². The molecule has 0 bridgehead atoms. The Morgan fingerprint density at radius 1 is 0.800 bits per heavy atom. The third kappa shape index (κ3) is 9.39. The molecule has 12 N–H and O–H groups in total. The van der Waals surface area contributed by atoms with Crippen LogP contribution in [-0.4, -0.2) is 80.8 Å². The van der Waals surface area contributed by atoms with E-state index in [2.05, 4.69) is 20.9 Å². The number of rotatable bonds is 16. The molecule has 0 fully saturated rings. The van der Waals surface area contributed by atoms with Gasteiger partial charge in [-0.3, -0.25) is 28.8 Å². The summed E-state index contributed by atoms with van der Waals surface area (Å²) in [5.74, 6) is -7.62. The van der Waals surface area contributed by atoms with E-state index in [1.807, 2.05) is 0 Å². The summed E-state index contributed by atoms with van der Waals surface area (Å²) in [5, 5.41) is 25.9. The van der Waals surface area contributed by atoms with E-state index in [1.54, 1.807) is 30.5 Å². The Labute approximate surface area is 227 Å². The number of carboxylic acid groups (broad SMARTS) is 2. The van der Waals surface area contributed by atoms with Crippen LogP contribution in [-0.2, 0) is 40.0 Å². The number of carbonyl (C=O) groups is 7. The van der Waals surface area contributed by atoms with Crippen molar-refractivity contribution in [2.24, 2.45) is 17.2 Å². The number of hydrogen-bond donors (Lipinski definition) is 9. The molecule has 2 aromatic rings. The SMILES string of the molecule is NC(=O)CC(N)C(=O)NC(CC(N)=O)C(=O)NC(Cc1c[nH]c2ccccc12)C(=O)NC(CCC(=O)O)C(=O)O. The van der Waals surface area contributed by atoms with Gasteiger partial charge in [-0.25, -0.2) is 4.79 Å². The molecular weight excluding hydrogens is 530 g/mol. The van der Waals surface area contributed by atoms with Crippen LogP contribution >= 0.6 is 0 Å². The maximum absolute atomic E-state index is 13.2. The van der Waals surface area contributed by atoms with Crippen LogP contribution in [0.1, 0.15) is 31.2 Å². The lowest BCUT2D eigenvalue weighted by Crippen LogP contribution is -2.58. The zero-order valence-corrected chi connectivity index (χ0v) is 21.2. The highest BCUT2D eigenvalue weighted by Crippen LogP contribution is 2.19. The van der Waals surface area contributed by atoms with E-state index in [0.717, 1.165) is 5.52 Å². The lowest BCUT2D eigenvalue weighted by atomic mass is 10.0. The Morgan fingerprint density at radius 3 is 1.98 bits per heavy atom. The zero-order chi connectivity index (χ0) is 30.0. The normalized spacial score (nSPS) is 13.8. The van der Waals surface area contributed by atoms with Crippen molar-refractivity contribution < 1.29 is 43.8 Å².